The number of hydrogen-bond acceptors (Lipinski definition) is 5. The Labute approximate surface area is 175 Å². The predicted molar refractivity (Wildman–Crippen MR) is 110 cm³/mol. The molecule has 0 N–H and O–H groups in total. The number of allylic oxidation sites excluding steroid dienone is 1. The molecule has 3 rings (SSSR count). The van der Waals surface area contributed by atoms with Crippen molar-refractivity contribution >= 4 is 52.4 Å². The maximum Gasteiger partial charge on any atom is 0.345 e. The van der Waals surface area contributed by atoms with Gasteiger partial charge in [-0.05, 0) is 53.4 Å². The van der Waals surface area contributed by atoms with Crippen LogP contribution in [0, 0.1) is 11.3 Å². The van der Waals surface area contributed by atoms with Crippen LogP contribution in [-0.4, -0.2) is 11.8 Å². The minimum absolute atomic E-state index is 0.0279. The summed E-state index contributed by atoms with van der Waals surface area (Å²) < 4.78 is 5.30. The van der Waals surface area contributed by atoms with Gasteiger partial charge in [-0.1, -0.05) is 41.4 Å². The van der Waals surface area contributed by atoms with E-state index in [-0.39, 0.29) is 21.9 Å². The molecular formula is C21H11Cl2NO3S. The van der Waals surface area contributed by atoms with Gasteiger partial charge in [-0.25, -0.2) is 4.79 Å². The van der Waals surface area contributed by atoms with E-state index in [1.165, 1.54) is 29.5 Å². The first-order valence-corrected chi connectivity index (χ1v) is 9.59. The number of carbonyl (C=O) groups excluding carboxylic acids is 2. The first-order chi connectivity index (χ1) is 13.5. The first kappa shape index (κ1) is 19.8. The number of halogens is 2. The molecule has 0 aliphatic heterocycles. The summed E-state index contributed by atoms with van der Waals surface area (Å²) in [6, 6.07) is 16.3. The highest BCUT2D eigenvalue weighted by molar-refractivity contribution is 7.12. The van der Waals surface area contributed by atoms with Crippen molar-refractivity contribution in [2.24, 2.45) is 0 Å². The summed E-state index contributed by atoms with van der Waals surface area (Å²) in [5.41, 5.74) is 0.856. The Morgan fingerprint density at radius 2 is 1.82 bits per heavy atom. The average Bonchev–Trinajstić information content (AvgIpc) is 3.21. The van der Waals surface area contributed by atoms with E-state index in [2.05, 4.69) is 0 Å². The molecule has 0 bridgehead atoms. The summed E-state index contributed by atoms with van der Waals surface area (Å²) >= 11 is 13.1. The molecule has 0 saturated carbocycles. The minimum atomic E-state index is -0.615. The quantitative estimate of drug-likeness (QED) is 0.163. The van der Waals surface area contributed by atoms with E-state index in [1.807, 2.05) is 6.07 Å². The molecule has 1 heterocycles. The van der Waals surface area contributed by atoms with E-state index in [9.17, 15) is 14.9 Å². The largest absolute Gasteiger partial charge is 0.423 e. The lowest BCUT2D eigenvalue weighted by molar-refractivity contribution is 0.0734. The molecule has 3 aromatic rings. The second-order valence-electron chi connectivity index (χ2n) is 5.56. The molecular weight excluding hydrogens is 417 g/mol. The molecule has 2 aromatic carbocycles. The topological polar surface area (TPSA) is 67.2 Å². The van der Waals surface area contributed by atoms with Crippen LogP contribution in [0.15, 0.2) is 65.6 Å². The molecule has 0 saturated heterocycles. The van der Waals surface area contributed by atoms with Gasteiger partial charge in [0, 0.05) is 5.02 Å². The van der Waals surface area contributed by atoms with Crippen LogP contribution in [0.25, 0.3) is 6.08 Å². The number of rotatable bonds is 5. The molecule has 0 spiro atoms. The van der Waals surface area contributed by atoms with Crippen molar-refractivity contribution in [1.29, 1.82) is 5.26 Å². The van der Waals surface area contributed by atoms with Crippen molar-refractivity contribution in [3.63, 3.8) is 0 Å². The Bertz CT molecular complexity index is 1100. The zero-order chi connectivity index (χ0) is 20.1. The highest BCUT2D eigenvalue weighted by Crippen LogP contribution is 2.23. The van der Waals surface area contributed by atoms with Gasteiger partial charge in [0.15, 0.2) is 0 Å². The monoisotopic (exact) mass is 427 g/mol. The van der Waals surface area contributed by atoms with Gasteiger partial charge in [-0.3, -0.25) is 4.79 Å². The van der Waals surface area contributed by atoms with E-state index in [0.29, 0.717) is 21.2 Å². The first-order valence-electron chi connectivity index (χ1n) is 7.95. The van der Waals surface area contributed by atoms with E-state index in [4.69, 9.17) is 27.9 Å². The number of benzene rings is 2. The Balaban J connectivity index is 1.75. The van der Waals surface area contributed by atoms with Gasteiger partial charge in [0.25, 0.3) is 0 Å². The normalized spacial score (nSPS) is 11.0. The predicted octanol–water partition coefficient (Wildman–Crippen LogP) is 6.06. The summed E-state index contributed by atoms with van der Waals surface area (Å²) in [5, 5.41) is 11.7. The molecule has 4 nitrogen and oxygen atoms in total. The lowest BCUT2D eigenvalue weighted by Crippen LogP contribution is -2.09. The van der Waals surface area contributed by atoms with Crippen LogP contribution in [0.5, 0.6) is 5.75 Å². The van der Waals surface area contributed by atoms with Crippen LogP contribution in [-0.2, 0) is 0 Å². The lowest BCUT2D eigenvalue weighted by atomic mass is 10.1. The van der Waals surface area contributed by atoms with Crippen LogP contribution in [0.4, 0.5) is 0 Å². The van der Waals surface area contributed by atoms with E-state index in [0.717, 1.165) is 0 Å². The Morgan fingerprint density at radius 3 is 2.43 bits per heavy atom. The second-order valence-corrected chi connectivity index (χ2v) is 7.35. The molecule has 0 aliphatic carbocycles. The number of ether oxygens (including phenoxy) is 1. The van der Waals surface area contributed by atoms with Crippen LogP contribution in [0.3, 0.4) is 0 Å². The van der Waals surface area contributed by atoms with Gasteiger partial charge >= 0.3 is 5.97 Å². The maximum absolute atomic E-state index is 12.3. The molecule has 1 aromatic heterocycles. The SMILES string of the molecule is N#CC(=Cc1ccc(OC(=O)c2ccc(Cl)cc2Cl)cc1)C(=O)c1cccs1. The second kappa shape index (κ2) is 8.85. The molecule has 7 heteroatoms. The van der Waals surface area contributed by atoms with Crippen molar-refractivity contribution in [2.75, 3.05) is 0 Å². The Hall–Kier alpha value is -2.91. The van der Waals surface area contributed by atoms with Crippen LogP contribution >= 0.6 is 34.5 Å². The number of ketones is 1. The zero-order valence-corrected chi connectivity index (χ0v) is 16.5. The van der Waals surface area contributed by atoms with Gasteiger partial charge < -0.3 is 4.74 Å². The summed E-state index contributed by atoms with van der Waals surface area (Å²) in [5.74, 6) is -0.641. The molecule has 0 amide bonds. The van der Waals surface area contributed by atoms with E-state index in [1.54, 1.807) is 47.8 Å². The van der Waals surface area contributed by atoms with Crippen LogP contribution < -0.4 is 4.74 Å². The molecule has 0 atom stereocenters. The molecule has 0 aliphatic rings. The van der Waals surface area contributed by atoms with E-state index >= 15 is 0 Å². The lowest BCUT2D eigenvalue weighted by Gasteiger charge is -2.06. The number of hydrogen-bond donors (Lipinski definition) is 0. The van der Waals surface area contributed by atoms with Gasteiger partial charge in [0.05, 0.1) is 15.5 Å². The third-order valence-electron chi connectivity index (χ3n) is 3.66. The molecule has 28 heavy (non-hydrogen) atoms. The zero-order valence-electron chi connectivity index (χ0n) is 14.2. The van der Waals surface area contributed by atoms with Crippen molar-refractivity contribution in [3.8, 4) is 11.8 Å². The van der Waals surface area contributed by atoms with E-state index < -0.39 is 5.97 Å². The number of nitriles is 1. The fourth-order valence-electron chi connectivity index (χ4n) is 2.30. The van der Waals surface area contributed by atoms with Gasteiger partial charge in [-0.15, -0.1) is 11.3 Å². The molecule has 0 fully saturated rings. The number of esters is 1. The highest BCUT2D eigenvalue weighted by atomic mass is 35.5. The fourth-order valence-corrected chi connectivity index (χ4v) is 3.47. The number of Topliss-reactive ketones (excluding diaryl/α,β-unsaturated/α-hetero) is 1. The van der Waals surface area contributed by atoms with Crippen molar-refractivity contribution < 1.29 is 14.3 Å². The molecule has 0 unspecified atom stereocenters. The minimum Gasteiger partial charge on any atom is -0.423 e. The number of carbonyl (C=O) groups is 2. The summed E-state index contributed by atoms with van der Waals surface area (Å²) in [6.07, 6.45) is 1.49. The van der Waals surface area contributed by atoms with Gasteiger partial charge in [0.2, 0.25) is 5.78 Å². The fraction of sp³-hybridized carbons (Fsp3) is 0. The molecule has 138 valence electrons. The van der Waals surface area contributed by atoms with Crippen LogP contribution in [0.1, 0.15) is 25.6 Å². The summed E-state index contributed by atoms with van der Waals surface area (Å²) in [4.78, 5) is 25.0. The van der Waals surface area contributed by atoms with Crippen LogP contribution in [0.2, 0.25) is 10.0 Å². The Morgan fingerprint density at radius 1 is 1.07 bits per heavy atom. The Kier molecular flexibility index (Phi) is 6.27. The summed E-state index contributed by atoms with van der Waals surface area (Å²) in [7, 11) is 0. The van der Waals surface area contributed by atoms with Gasteiger partial charge in [-0.2, -0.15) is 5.26 Å². The highest BCUT2D eigenvalue weighted by Gasteiger charge is 2.14. The van der Waals surface area contributed by atoms with Gasteiger partial charge in [0.1, 0.15) is 17.4 Å². The average molecular weight is 428 g/mol. The van der Waals surface area contributed by atoms with Crippen molar-refractivity contribution in [1.82, 2.24) is 0 Å². The third kappa shape index (κ3) is 4.68. The number of nitrogens with zero attached hydrogens (tertiary/aromatic N) is 1. The van der Waals surface area contributed by atoms with Crippen molar-refractivity contribution in [3.05, 3.63) is 91.6 Å². The summed E-state index contributed by atoms with van der Waals surface area (Å²) in [6.45, 7) is 0. The molecule has 0 radical (unpaired) electrons. The van der Waals surface area contributed by atoms with Crippen molar-refractivity contribution in [2.45, 2.75) is 0 Å². The standard InChI is InChI=1S/C21H11Cl2NO3S/c22-15-5-8-17(18(23)11-15)21(26)27-16-6-3-13(4-7-16)10-14(12-24)20(25)19-2-1-9-28-19/h1-11H. The maximum atomic E-state index is 12.3. The smallest absolute Gasteiger partial charge is 0.345 e. The number of thiophene rings is 1. The third-order valence-corrected chi connectivity index (χ3v) is 5.08.